The zero-order valence-corrected chi connectivity index (χ0v) is 12.2. The Kier molecular flexibility index (Phi) is 3.80. The van der Waals surface area contributed by atoms with Gasteiger partial charge in [-0.05, 0) is 32.0 Å². The second kappa shape index (κ2) is 5.36. The van der Waals surface area contributed by atoms with Crippen molar-refractivity contribution in [3.8, 4) is 0 Å². The van der Waals surface area contributed by atoms with Crippen LogP contribution in [0.4, 0.5) is 5.69 Å². The number of carbonyl (C=O) groups excluding carboxylic acids is 1. The van der Waals surface area contributed by atoms with Crippen LogP contribution in [0.25, 0.3) is 10.2 Å². The molecule has 0 fully saturated rings. The van der Waals surface area contributed by atoms with Gasteiger partial charge in [0, 0.05) is 25.4 Å². The summed E-state index contributed by atoms with van der Waals surface area (Å²) in [6.45, 7) is 5.31. The van der Waals surface area contributed by atoms with E-state index in [1.54, 1.807) is 11.3 Å². The Hall–Kier alpha value is -1.95. The summed E-state index contributed by atoms with van der Waals surface area (Å²) >= 11 is 1.57. The third kappa shape index (κ3) is 3.08. The molecule has 19 heavy (non-hydrogen) atoms. The summed E-state index contributed by atoms with van der Waals surface area (Å²) < 4.78 is 3.08. The van der Waals surface area contributed by atoms with Crippen LogP contribution in [-0.2, 0) is 11.8 Å². The molecule has 0 radical (unpaired) electrons. The molecule has 1 aromatic heterocycles. The molecular formula is C13H16N4OS. The molecule has 0 saturated carbocycles. The fourth-order valence-electron chi connectivity index (χ4n) is 1.65. The van der Waals surface area contributed by atoms with E-state index in [0.29, 0.717) is 0 Å². The molecule has 0 aliphatic carbocycles. The van der Waals surface area contributed by atoms with Crippen LogP contribution in [0.5, 0.6) is 0 Å². The summed E-state index contributed by atoms with van der Waals surface area (Å²) in [5.74, 6) is -0.0756. The van der Waals surface area contributed by atoms with Gasteiger partial charge in [-0.2, -0.15) is 5.10 Å². The third-order valence-electron chi connectivity index (χ3n) is 2.46. The smallest absolute Gasteiger partial charge is 0.221 e. The molecule has 0 spiro atoms. The standard InChI is InChI=1S/C13H16N4OS/c1-8(2)15-16-13-17(4)11-7-10(14-9(3)18)5-6-12(11)19-13/h5-7H,1-4H3,(H,14,18)/b16-13-. The summed E-state index contributed by atoms with van der Waals surface area (Å²) in [6.07, 6.45) is 0. The quantitative estimate of drug-likeness (QED) is 0.665. The van der Waals surface area contributed by atoms with E-state index in [-0.39, 0.29) is 5.91 Å². The zero-order chi connectivity index (χ0) is 14.0. The van der Waals surface area contributed by atoms with E-state index in [1.807, 2.05) is 43.7 Å². The first kappa shape index (κ1) is 13.5. The molecule has 6 heteroatoms. The minimum atomic E-state index is -0.0756. The topological polar surface area (TPSA) is 58.8 Å². The molecular weight excluding hydrogens is 260 g/mol. The summed E-state index contributed by atoms with van der Waals surface area (Å²) in [6, 6.07) is 5.81. The Balaban J connectivity index is 2.55. The van der Waals surface area contributed by atoms with Crippen molar-refractivity contribution in [3.63, 3.8) is 0 Å². The van der Waals surface area contributed by atoms with E-state index in [4.69, 9.17) is 0 Å². The number of carbonyl (C=O) groups is 1. The maximum absolute atomic E-state index is 11.1. The Morgan fingerprint density at radius 1 is 1.32 bits per heavy atom. The highest BCUT2D eigenvalue weighted by atomic mass is 32.1. The number of fused-ring (bicyclic) bond motifs is 1. The molecule has 2 aromatic rings. The van der Waals surface area contributed by atoms with Crippen LogP contribution in [0.3, 0.4) is 0 Å². The summed E-state index contributed by atoms with van der Waals surface area (Å²) in [4.78, 5) is 11.9. The van der Waals surface area contributed by atoms with Crippen molar-refractivity contribution in [2.24, 2.45) is 17.3 Å². The van der Waals surface area contributed by atoms with Gasteiger partial charge in [0.25, 0.3) is 0 Å². The first-order chi connectivity index (χ1) is 8.97. The molecule has 0 aliphatic heterocycles. The Bertz CT molecular complexity index is 720. The maximum atomic E-state index is 11.1. The highest BCUT2D eigenvalue weighted by Gasteiger charge is 2.04. The Morgan fingerprint density at radius 3 is 2.68 bits per heavy atom. The average Bonchev–Trinajstić information content (AvgIpc) is 2.63. The number of aromatic nitrogens is 1. The van der Waals surface area contributed by atoms with Crippen molar-refractivity contribution in [3.05, 3.63) is 23.0 Å². The highest BCUT2D eigenvalue weighted by molar-refractivity contribution is 7.16. The van der Waals surface area contributed by atoms with Gasteiger partial charge in [-0.25, -0.2) is 0 Å². The second-order valence-corrected chi connectivity index (χ2v) is 5.46. The SMILES string of the molecule is CC(=O)Nc1ccc2s/c(=N\N=C(C)C)n(C)c2c1. The van der Waals surface area contributed by atoms with Crippen LogP contribution < -0.4 is 10.1 Å². The lowest BCUT2D eigenvalue weighted by Gasteiger charge is -2.02. The van der Waals surface area contributed by atoms with Crippen LogP contribution in [0.2, 0.25) is 0 Å². The second-order valence-electron chi connectivity index (χ2n) is 4.45. The van der Waals surface area contributed by atoms with Crippen LogP contribution in [-0.4, -0.2) is 16.2 Å². The van der Waals surface area contributed by atoms with E-state index in [1.165, 1.54) is 6.92 Å². The molecule has 0 unspecified atom stereocenters. The average molecular weight is 276 g/mol. The fourth-order valence-corrected chi connectivity index (χ4v) is 2.60. The number of nitrogens with zero attached hydrogens (tertiary/aromatic N) is 3. The summed E-state index contributed by atoms with van der Waals surface area (Å²) in [7, 11) is 1.94. The van der Waals surface area contributed by atoms with Crippen LogP contribution in [0, 0.1) is 0 Å². The van der Waals surface area contributed by atoms with Gasteiger partial charge in [0.1, 0.15) is 0 Å². The third-order valence-corrected chi connectivity index (χ3v) is 3.57. The monoisotopic (exact) mass is 276 g/mol. The van der Waals surface area contributed by atoms with Crippen molar-refractivity contribution < 1.29 is 4.79 Å². The molecule has 0 saturated heterocycles. The van der Waals surface area contributed by atoms with E-state index < -0.39 is 0 Å². The fraction of sp³-hybridized carbons (Fsp3) is 0.308. The summed E-state index contributed by atoms with van der Waals surface area (Å²) in [5, 5.41) is 11.1. The number of benzene rings is 1. The van der Waals surface area contributed by atoms with Crippen molar-refractivity contribution in [2.45, 2.75) is 20.8 Å². The van der Waals surface area contributed by atoms with Crippen LogP contribution in [0.15, 0.2) is 28.4 Å². The molecule has 2 rings (SSSR count). The van der Waals surface area contributed by atoms with Gasteiger partial charge >= 0.3 is 0 Å². The number of hydrogen-bond donors (Lipinski definition) is 1. The molecule has 5 nitrogen and oxygen atoms in total. The molecule has 1 heterocycles. The first-order valence-electron chi connectivity index (χ1n) is 5.89. The van der Waals surface area contributed by atoms with Crippen molar-refractivity contribution in [1.29, 1.82) is 0 Å². The van der Waals surface area contributed by atoms with Gasteiger partial charge in [0.15, 0.2) is 0 Å². The van der Waals surface area contributed by atoms with E-state index in [0.717, 1.165) is 26.4 Å². The highest BCUT2D eigenvalue weighted by Crippen LogP contribution is 2.20. The largest absolute Gasteiger partial charge is 0.326 e. The number of amides is 1. The predicted octanol–water partition coefficient (Wildman–Crippen LogP) is 2.49. The number of aryl methyl sites for hydroxylation is 1. The number of rotatable bonds is 2. The zero-order valence-electron chi connectivity index (χ0n) is 11.4. The molecule has 1 aromatic carbocycles. The van der Waals surface area contributed by atoms with Gasteiger partial charge in [-0.3, -0.25) is 4.79 Å². The number of anilines is 1. The molecule has 1 N–H and O–H groups in total. The van der Waals surface area contributed by atoms with Gasteiger partial charge in [-0.1, -0.05) is 11.3 Å². The maximum Gasteiger partial charge on any atom is 0.221 e. The van der Waals surface area contributed by atoms with E-state index in [2.05, 4.69) is 15.5 Å². The molecule has 1 amide bonds. The lowest BCUT2D eigenvalue weighted by atomic mass is 10.3. The van der Waals surface area contributed by atoms with Crippen molar-refractivity contribution in [2.75, 3.05) is 5.32 Å². The summed E-state index contributed by atoms with van der Waals surface area (Å²) in [5.41, 5.74) is 2.73. The predicted molar refractivity (Wildman–Crippen MR) is 79.4 cm³/mol. The lowest BCUT2D eigenvalue weighted by Crippen LogP contribution is -2.10. The molecule has 0 atom stereocenters. The van der Waals surface area contributed by atoms with Crippen LogP contribution >= 0.6 is 11.3 Å². The van der Waals surface area contributed by atoms with E-state index >= 15 is 0 Å². The number of hydrogen-bond acceptors (Lipinski definition) is 4. The number of thiazole rings is 1. The van der Waals surface area contributed by atoms with Gasteiger partial charge in [-0.15, -0.1) is 5.10 Å². The van der Waals surface area contributed by atoms with Gasteiger partial charge < -0.3 is 9.88 Å². The molecule has 0 aliphatic rings. The lowest BCUT2D eigenvalue weighted by molar-refractivity contribution is -0.114. The Labute approximate surface area is 115 Å². The van der Waals surface area contributed by atoms with E-state index in [9.17, 15) is 4.79 Å². The van der Waals surface area contributed by atoms with Gasteiger partial charge in [0.2, 0.25) is 10.7 Å². The minimum absolute atomic E-state index is 0.0756. The van der Waals surface area contributed by atoms with Gasteiger partial charge in [0.05, 0.1) is 10.2 Å². The molecule has 0 bridgehead atoms. The minimum Gasteiger partial charge on any atom is -0.326 e. The van der Waals surface area contributed by atoms with Crippen LogP contribution in [0.1, 0.15) is 20.8 Å². The molecule has 100 valence electrons. The Morgan fingerprint density at radius 2 is 2.05 bits per heavy atom. The van der Waals surface area contributed by atoms with Crippen molar-refractivity contribution in [1.82, 2.24) is 4.57 Å². The normalized spacial score (nSPS) is 11.7. The first-order valence-corrected chi connectivity index (χ1v) is 6.71. The number of nitrogens with one attached hydrogen (secondary N) is 1. The van der Waals surface area contributed by atoms with Crippen molar-refractivity contribution >= 4 is 38.9 Å².